The van der Waals surface area contributed by atoms with Crippen molar-refractivity contribution in [2.45, 2.75) is 27.2 Å². The van der Waals surface area contributed by atoms with Crippen molar-refractivity contribution in [1.82, 2.24) is 0 Å². The van der Waals surface area contributed by atoms with Crippen molar-refractivity contribution in [1.29, 1.82) is 0 Å². The van der Waals surface area contributed by atoms with Crippen LogP contribution in [0.5, 0.6) is 11.5 Å². The molecular weight excluding hydrogens is 234 g/mol. The van der Waals surface area contributed by atoms with Gasteiger partial charge in [0.2, 0.25) is 0 Å². The van der Waals surface area contributed by atoms with Crippen molar-refractivity contribution in [2.75, 3.05) is 6.54 Å². The van der Waals surface area contributed by atoms with Gasteiger partial charge in [0.25, 0.3) is 0 Å². The average Bonchev–Trinajstić information content (AvgIpc) is 2.36. The van der Waals surface area contributed by atoms with Gasteiger partial charge in [0.15, 0.2) is 0 Å². The highest BCUT2D eigenvalue weighted by molar-refractivity contribution is 5.43. The Morgan fingerprint density at radius 3 is 2.16 bits per heavy atom. The molecule has 0 aliphatic rings. The molecule has 2 nitrogen and oxygen atoms in total. The van der Waals surface area contributed by atoms with Crippen molar-refractivity contribution in [2.24, 2.45) is 5.73 Å². The molecule has 19 heavy (non-hydrogen) atoms. The Morgan fingerprint density at radius 1 is 0.895 bits per heavy atom. The van der Waals surface area contributed by atoms with Gasteiger partial charge in [0.05, 0.1) is 0 Å². The molecule has 0 saturated carbocycles. The van der Waals surface area contributed by atoms with E-state index in [1.807, 2.05) is 12.1 Å². The van der Waals surface area contributed by atoms with E-state index in [0.717, 1.165) is 23.5 Å². The second kappa shape index (κ2) is 5.89. The molecule has 2 aromatic carbocycles. The Kier molecular flexibility index (Phi) is 4.23. The van der Waals surface area contributed by atoms with E-state index >= 15 is 0 Å². The van der Waals surface area contributed by atoms with E-state index in [9.17, 15) is 0 Å². The van der Waals surface area contributed by atoms with Crippen LogP contribution in [0.1, 0.15) is 22.3 Å². The largest absolute Gasteiger partial charge is 0.457 e. The third-order valence-corrected chi connectivity index (χ3v) is 3.18. The summed E-state index contributed by atoms with van der Waals surface area (Å²) in [5.74, 6) is 1.82. The molecule has 0 amide bonds. The predicted molar refractivity (Wildman–Crippen MR) is 79.9 cm³/mol. The first-order chi connectivity index (χ1) is 9.10. The van der Waals surface area contributed by atoms with Crippen LogP contribution in [0.25, 0.3) is 0 Å². The molecule has 0 radical (unpaired) electrons. The van der Waals surface area contributed by atoms with Crippen LogP contribution in [-0.4, -0.2) is 6.54 Å². The van der Waals surface area contributed by atoms with E-state index < -0.39 is 0 Å². The van der Waals surface area contributed by atoms with Gasteiger partial charge < -0.3 is 10.5 Å². The SMILES string of the molecule is Cc1ccc(Oc2ccc(C)cc2CCN)c(C)c1. The number of rotatable bonds is 4. The number of hydrogen-bond acceptors (Lipinski definition) is 2. The van der Waals surface area contributed by atoms with E-state index in [0.29, 0.717) is 6.54 Å². The fraction of sp³-hybridized carbons (Fsp3) is 0.294. The van der Waals surface area contributed by atoms with Crippen LogP contribution in [0.2, 0.25) is 0 Å². The summed E-state index contributed by atoms with van der Waals surface area (Å²) in [6.45, 7) is 6.87. The van der Waals surface area contributed by atoms with E-state index in [1.54, 1.807) is 0 Å². The van der Waals surface area contributed by atoms with E-state index in [-0.39, 0.29) is 0 Å². The third kappa shape index (κ3) is 3.36. The lowest BCUT2D eigenvalue weighted by molar-refractivity contribution is 0.472. The van der Waals surface area contributed by atoms with Crippen molar-refractivity contribution in [3.63, 3.8) is 0 Å². The lowest BCUT2D eigenvalue weighted by atomic mass is 10.1. The highest BCUT2D eigenvalue weighted by atomic mass is 16.5. The molecular formula is C17H21NO. The van der Waals surface area contributed by atoms with Crippen molar-refractivity contribution >= 4 is 0 Å². The molecule has 0 unspecified atom stereocenters. The molecule has 0 heterocycles. The second-order valence-electron chi connectivity index (χ2n) is 5.02. The van der Waals surface area contributed by atoms with Crippen LogP contribution in [0.4, 0.5) is 0 Å². The lowest BCUT2D eigenvalue weighted by Gasteiger charge is -2.13. The van der Waals surface area contributed by atoms with Gasteiger partial charge >= 0.3 is 0 Å². The van der Waals surface area contributed by atoms with E-state index in [2.05, 4.69) is 45.0 Å². The topological polar surface area (TPSA) is 35.2 Å². The molecule has 2 N–H and O–H groups in total. The summed E-state index contributed by atoms with van der Waals surface area (Å²) in [6.07, 6.45) is 0.835. The fourth-order valence-electron chi connectivity index (χ4n) is 2.19. The zero-order valence-corrected chi connectivity index (χ0v) is 11.9. The zero-order chi connectivity index (χ0) is 13.8. The van der Waals surface area contributed by atoms with Crippen LogP contribution in [-0.2, 0) is 6.42 Å². The minimum Gasteiger partial charge on any atom is -0.457 e. The summed E-state index contributed by atoms with van der Waals surface area (Å²) in [7, 11) is 0. The molecule has 0 fully saturated rings. The van der Waals surface area contributed by atoms with Crippen LogP contribution < -0.4 is 10.5 Å². The molecule has 0 bridgehead atoms. The summed E-state index contributed by atoms with van der Waals surface area (Å²) < 4.78 is 6.05. The minimum absolute atomic E-state index is 0.632. The lowest BCUT2D eigenvalue weighted by Crippen LogP contribution is -2.04. The molecule has 0 aliphatic carbocycles. The molecule has 2 rings (SSSR count). The highest BCUT2D eigenvalue weighted by Crippen LogP contribution is 2.29. The number of nitrogens with two attached hydrogens (primary N) is 1. The predicted octanol–water partition coefficient (Wildman–Crippen LogP) is 3.91. The first kappa shape index (κ1) is 13.6. The Morgan fingerprint density at radius 2 is 1.53 bits per heavy atom. The molecule has 0 aromatic heterocycles. The van der Waals surface area contributed by atoms with Gasteiger partial charge in [-0.15, -0.1) is 0 Å². The maximum Gasteiger partial charge on any atom is 0.130 e. The molecule has 0 spiro atoms. The first-order valence-corrected chi connectivity index (χ1v) is 6.65. The van der Waals surface area contributed by atoms with Gasteiger partial charge in [0.1, 0.15) is 11.5 Å². The van der Waals surface area contributed by atoms with Crippen LogP contribution in [0, 0.1) is 20.8 Å². The fourth-order valence-corrected chi connectivity index (χ4v) is 2.19. The van der Waals surface area contributed by atoms with Crippen molar-refractivity contribution in [3.05, 3.63) is 58.7 Å². The maximum absolute atomic E-state index is 6.05. The first-order valence-electron chi connectivity index (χ1n) is 6.65. The minimum atomic E-state index is 0.632. The van der Waals surface area contributed by atoms with Crippen LogP contribution in [0.15, 0.2) is 36.4 Å². The quantitative estimate of drug-likeness (QED) is 0.899. The number of benzene rings is 2. The standard InChI is InChI=1S/C17H21NO/c1-12-4-6-16(14(3)10-12)19-17-7-5-13(2)11-15(17)8-9-18/h4-7,10-11H,8-9,18H2,1-3H3. The van der Waals surface area contributed by atoms with Gasteiger partial charge in [-0.1, -0.05) is 35.4 Å². The van der Waals surface area contributed by atoms with Gasteiger partial charge in [-0.2, -0.15) is 0 Å². The van der Waals surface area contributed by atoms with Crippen molar-refractivity contribution in [3.8, 4) is 11.5 Å². The van der Waals surface area contributed by atoms with Gasteiger partial charge in [-0.3, -0.25) is 0 Å². The normalized spacial score (nSPS) is 10.5. The Bertz CT molecular complexity index is 575. The summed E-state index contributed by atoms with van der Waals surface area (Å²) in [4.78, 5) is 0. The molecule has 0 saturated heterocycles. The summed E-state index contributed by atoms with van der Waals surface area (Å²) in [5.41, 5.74) is 10.5. The smallest absolute Gasteiger partial charge is 0.130 e. The average molecular weight is 255 g/mol. The summed E-state index contributed by atoms with van der Waals surface area (Å²) >= 11 is 0. The molecule has 100 valence electrons. The highest BCUT2D eigenvalue weighted by Gasteiger charge is 2.07. The number of aryl methyl sites for hydroxylation is 3. The van der Waals surface area contributed by atoms with Crippen LogP contribution in [0.3, 0.4) is 0 Å². The zero-order valence-electron chi connectivity index (χ0n) is 11.9. The van der Waals surface area contributed by atoms with Crippen molar-refractivity contribution < 1.29 is 4.74 Å². The molecule has 2 aromatic rings. The van der Waals surface area contributed by atoms with E-state index in [4.69, 9.17) is 10.5 Å². The Labute approximate surface area is 115 Å². The van der Waals surface area contributed by atoms with Gasteiger partial charge in [-0.25, -0.2) is 0 Å². The van der Waals surface area contributed by atoms with E-state index in [1.165, 1.54) is 16.7 Å². The maximum atomic E-state index is 6.05. The second-order valence-corrected chi connectivity index (χ2v) is 5.02. The van der Waals surface area contributed by atoms with Gasteiger partial charge in [-0.05, 0) is 57.0 Å². The van der Waals surface area contributed by atoms with Crippen LogP contribution >= 0.6 is 0 Å². The number of hydrogen-bond donors (Lipinski definition) is 1. The molecule has 0 atom stereocenters. The third-order valence-electron chi connectivity index (χ3n) is 3.18. The summed E-state index contributed by atoms with van der Waals surface area (Å²) in [5, 5.41) is 0. The molecule has 2 heteroatoms. The number of ether oxygens (including phenoxy) is 1. The van der Waals surface area contributed by atoms with Gasteiger partial charge in [0, 0.05) is 0 Å². The summed E-state index contributed by atoms with van der Waals surface area (Å²) in [6, 6.07) is 12.5. The Balaban J connectivity index is 2.32. The monoisotopic (exact) mass is 255 g/mol. The Hall–Kier alpha value is -1.80. The molecule has 0 aliphatic heterocycles.